The Morgan fingerprint density at radius 3 is 2.26 bits per heavy atom. The van der Waals surface area contributed by atoms with E-state index < -0.39 is 17.2 Å². The van der Waals surface area contributed by atoms with Crippen LogP contribution in [0.5, 0.6) is 0 Å². The van der Waals surface area contributed by atoms with Crippen LogP contribution in [-0.4, -0.2) is 18.0 Å². The summed E-state index contributed by atoms with van der Waals surface area (Å²) in [6, 6.07) is 2.94. The molecular weight excluding hydrogens is 250 g/mol. The molecule has 0 aromatic heterocycles. The predicted octanol–water partition coefficient (Wildman–Crippen LogP) is 3.89. The predicted molar refractivity (Wildman–Crippen MR) is 68.1 cm³/mol. The molecule has 104 valence electrons. The van der Waals surface area contributed by atoms with Gasteiger partial charge in [-0.1, -0.05) is 19.3 Å². The number of ketones is 1. The summed E-state index contributed by atoms with van der Waals surface area (Å²) >= 11 is 0. The minimum absolute atomic E-state index is 0.0628. The highest BCUT2D eigenvalue weighted by atomic mass is 19.1. The number of carbonyl (C=O) groups is 1. The molecule has 4 heteroatoms. The largest absolute Gasteiger partial charge is 0.367 e. The van der Waals surface area contributed by atoms with Gasteiger partial charge in [0.1, 0.15) is 17.2 Å². The second kappa shape index (κ2) is 5.78. The first-order valence-electron chi connectivity index (χ1n) is 6.72. The van der Waals surface area contributed by atoms with E-state index in [9.17, 15) is 13.6 Å². The van der Waals surface area contributed by atoms with Gasteiger partial charge >= 0.3 is 0 Å². The van der Waals surface area contributed by atoms with Crippen LogP contribution in [0.15, 0.2) is 18.2 Å². The van der Waals surface area contributed by atoms with E-state index in [1.54, 1.807) is 0 Å². The zero-order valence-corrected chi connectivity index (χ0v) is 11.0. The number of Topliss-reactive ketones (excluding diaryl/α,β-unsaturated/α-hetero) is 1. The van der Waals surface area contributed by atoms with E-state index in [0.717, 1.165) is 37.5 Å². The van der Waals surface area contributed by atoms with Crippen molar-refractivity contribution in [3.8, 4) is 0 Å². The van der Waals surface area contributed by atoms with Crippen LogP contribution in [0.3, 0.4) is 0 Å². The van der Waals surface area contributed by atoms with Crippen molar-refractivity contribution < 1.29 is 18.3 Å². The maximum Gasteiger partial charge on any atom is 0.194 e. The number of rotatable bonds is 4. The van der Waals surface area contributed by atoms with Crippen molar-refractivity contribution in [1.29, 1.82) is 0 Å². The van der Waals surface area contributed by atoms with Gasteiger partial charge in [-0.15, -0.1) is 0 Å². The highest BCUT2D eigenvalue weighted by Gasteiger charge is 2.40. The molecule has 0 saturated heterocycles. The van der Waals surface area contributed by atoms with Gasteiger partial charge in [-0.05, 0) is 31.9 Å². The molecular formula is C15H18F2O2. The van der Waals surface area contributed by atoms with E-state index in [0.29, 0.717) is 19.4 Å². The summed E-state index contributed by atoms with van der Waals surface area (Å²) in [7, 11) is 0. The molecule has 1 aliphatic carbocycles. The van der Waals surface area contributed by atoms with Gasteiger partial charge in [-0.3, -0.25) is 4.79 Å². The summed E-state index contributed by atoms with van der Waals surface area (Å²) in [5.74, 6) is -1.76. The molecule has 0 radical (unpaired) electrons. The molecule has 0 heterocycles. The average molecular weight is 268 g/mol. The first-order valence-corrected chi connectivity index (χ1v) is 6.72. The lowest BCUT2D eigenvalue weighted by molar-refractivity contribution is -0.0411. The van der Waals surface area contributed by atoms with Crippen LogP contribution in [0.2, 0.25) is 0 Å². The molecule has 0 aliphatic heterocycles. The van der Waals surface area contributed by atoms with E-state index in [1.165, 1.54) is 0 Å². The summed E-state index contributed by atoms with van der Waals surface area (Å²) < 4.78 is 32.1. The van der Waals surface area contributed by atoms with Crippen LogP contribution < -0.4 is 0 Å². The molecule has 19 heavy (non-hydrogen) atoms. The zero-order chi connectivity index (χ0) is 13.9. The standard InChI is InChI=1S/C15H18F2O2/c1-2-19-15(6-4-3-5-7-15)14(18)11-8-12(16)10-13(17)9-11/h8-10H,2-7H2,1H3. The molecule has 1 aliphatic rings. The lowest BCUT2D eigenvalue weighted by Gasteiger charge is -2.35. The van der Waals surface area contributed by atoms with Gasteiger partial charge < -0.3 is 4.74 Å². The summed E-state index contributed by atoms with van der Waals surface area (Å²) in [6.45, 7) is 2.25. The second-order valence-corrected chi connectivity index (χ2v) is 4.98. The number of hydrogen-bond acceptors (Lipinski definition) is 2. The second-order valence-electron chi connectivity index (χ2n) is 4.98. The fraction of sp³-hybridized carbons (Fsp3) is 0.533. The van der Waals surface area contributed by atoms with Gasteiger partial charge in [0.05, 0.1) is 0 Å². The van der Waals surface area contributed by atoms with E-state index in [-0.39, 0.29) is 11.3 Å². The molecule has 0 bridgehead atoms. The van der Waals surface area contributed by atoms with Crippen LogP contribution in [0, 0.1) is 11.6 Å². The maximum absolute atomic E-state index is 13.2. The lowest BCUT2D eigenvalue weighted by atomic mass is 9.79. The Morgan fingerprint density at radius 1 is 1.16 bits per heavy atom. The van der Waals surface area contributed by atoms with Crippen molar-refractivity contribution in [2.75, 3.05) is 6.61 Å². The molecule has 0 spiro atoms. The van der Waals surface area contributed by atoms with E-state index >= 15 is 0 Å². The number of ether oxygens (including phenoxy) is 1. The molecule has 2 rings (SSSR count). The molecule has 0 amide bonds. The van der Waals surface area contributed by atoms with Crippen molar-refractivity contribution >= 4 is 5.78 Å². The van der Waals surface area contributed by atoms with Crippen molar-refractivity contribution in [3.05, 3.63) is 35.4 Å². The number of halogens is 2. The molecule has 0 atom stereocenters. The first kappa shape index (κ1) is 14.1. The monoisotopic (exact) mass is 268 g/mol. The maximum atomic E-state index is 13.2. The Bertz CT molecular complexity index is 439. The van der Waals surface area contributed by atoms with Gasteiger partial charge in [0.15, 0.2) is 5.78 Å². The first-order chi connectivity index (χ1) is 9.07. The smallest absolute Gasteiger partial charge is 0.194 e. The van der Waals surface area contributed by atoms with Crippen LogP contribution in [-0.2, 0) is 4.74 Å². The van der Waals surface area contributed by atoms with Gasteiger partial charge in [-0.25, -0.2) is 8.78 Å². The van der Waals surface area contributed by atoms with Crippen LogP contribution in [0.1, 0.15) is 49.4 Å². The fourth-order valence-electron chi connectivity index (χ4n) is 2.78. The Kier molecular flexibility index (Phi) is 4.30. The van der Waals surface area contributed by atoms with Crippen molar-refractivity contribution in [1.82, 2.24) is 0 Å². The minimum atomic E-state index is -0.896. The van der Waals surface area contributed by atoms with Crippen molar-refractivity contribution in [2.45, 2.75) is 44.6 Å². The molecule has 2 nitrogen and oxygen atoms in total. The summed E-state index contributed by atoms with van der Waals surface area (Å²) in [5, 5.41) is 0. The van der Waals surface area contributed by atoms with E-state index in [1.807, 2.05) is 6.92 Å². The Morgan fingerprint density at radius 2 is 1.74 bits per heavy atom. The molecule has 0 unspecified atom stereocenters. The van der Waals surface area contributed by atoms with Gasteiger partial charge in [0.2, 0.25) is 0 Å². The minimum Gasteiger partial charge on any atom is -0.367 e. The van der Waals surface area contributed by atoms with Gasteiger partial charge in [0.25, 0.3) is 0 Å². The number of hydrogen-bond donors (Lipinski definition) is 0. The van der Waals surface area contributed by atoms with Gasteiger partial charge in [-0.2, -0.15) is 0 Å². The fourth-order valence-corrected chi connectivity index (χ4v) is 2.78. The zero-order valence-electron chi connectivity index (χ0n) is 11.0. The van der Waals surface area contributed by atoms with Crippen LogP contribution >= 0.6 is 0 Å². The Balaban J connectivity index is 2.33. The van der Waals surface area contributed by atoms with Crippen molar-refractivity contribution in [2.24, 2.45) is 0 Å². The SMILES string of the molecule is CCOC1(C(=O)c2cc(F)cc(F)c2)CCCCC1. The van der Waals surface area contributed by atoms with Crippen LogP contribution in [0.4, 0.5) is 8.78 Å². The molecule has 1 fully saturated rings. The quantitative estimate of drug-likeness (QED) is 0.774. The Labute approximate surface area is 111 Å². The summed E-state index contributed by atoms with van der Waals surface area (Å²) in [5.41, 5.74) is -0.833. The third-order valence-corrected chi connectivity index (χ3v) is 3.62. The average Bonchev–Trinajstić information content (AvgIpc) is 2.38. The molecule has 1 aromatic carbocycles. The Hall–Kier alpha value is -1.29. The normalized spacial score (nSPS) is 18.3. The van der Waals surface area contributed by atoms with Gasteiger partial charge in [0, 0.05) is 18.2 Å². The summed E-state index contributed by atoms with van der Waals surface area (Å²) in [4.78, 5) is 12.6. The topological polar surface area (TPSA) is 26.3 Å². The van der Waals surface area contributed by atoms with Crippen LogP contribution in [0.25, 0.3) is 0 Å². The molecule has 1 saturated carbocycles. The van der Waals surface area contributed by atoms with E-state index in [2.05, 4.69) is 0 Å². The van der Waals surface area contributed by atoms with E-state index in [4.69, 9.17) is 4.74 Å². The third-order valence-electron chi connectivity index (χ3n) is 3.62. The third kappa shape index (κ3) is 3.00. The molecule has 0 N–H and O–H groups in total. The highest BCUT2D eigenvalue weighted by Crippen LogP contribution is 2.35. The number of benzene rings is 1. The summed E-state index contributed by atoms with van der Waals surface area (Å²) in [6.07, 6.45) is 4.13. The molecule has 1 aromatic rings. The highest BCUT2D eigenvalue weighted by molar-refractivity contribution is 6.02. The van der Waals surface area contributed by atoms with Crippen molar-refractivity contribution in [3.63, 3.8) is 0 Å². The lowest BCUT2D eigenvalue weighted by Crippen LogP contribution is -2.43. The number of carbonyl (C=O) groups excluding carboxylic acids is 1.